The van der Waals surface area contributed by atoms with Crippen LogP contribution in [0.3, 0.4) is 0 Å². The first-order valence-corrected chi connectivity index (χ1v) is 12.3. The Balaban J connectivity index is 1.55. The maximum Gasteiger partial charge on any atom is 0.415 e. The monoisotopic (exact) mass is 505 g/mol. The molecule has 1 amide bonds. The molecule has 0 bridgehead atoms. The van der Waals surface area contributed by atoms with Crippen molar-refractivity contribution in [3.8, 4) is 11.5 Å². The van der Waals surface area contributed by atoms with Crippen LogP contribution in [0.2, 0.25) is 0 Å². The quantitative estimate of drug-likeness (QED) is 0.389. The molecule has 196 valence electrons. The first-order valence-electron chi connectivity index (χ1n) is 12.3. The van der Waals surface area contributed by atoms with Crippen molar-refractivity contribution in [2.75, 3.05) is 26.3 Å². The van der Waals surface area contributed by atoms with Crippen molar-refractivity contribution in [2.24, 2.45) is 5.92 Å². The van der Waals surface area contributed by atoms with Crippen molar-refractivity contribution in [2.45, 2.75) is 51.6 Å². The van der Waals surface area contributed by atoms with E-state index in [2.05, 4.69) is 0 Å². The van der Waals surface area contributed by atoms with E-state index in [1.165, 1.54) is 17.7 Å². The van der Waals surface area contributed by atoms with Gasteiger partial charge >= 0.3 is 12.1 Å². The molecule has 7 nitrogen and oxygen atoms in total. The third-order valence-electron chi connectivity index (χ3n) is 6.25. The summed E-state index contributed by atoms with van der Waals surface area (Å²) in [5.41, 5.74) is 0.797. The summed E-state index contributed by atoms with van der Waals surface area (Å²) in [4.78, 5) is 25.5. The molecular formula is C27H33F2NO6. The number of carbonyl (C=O) groups is 2. The number of halogens is 2. The minimum absolute atomic E-state index is 0.182. The highest BCUT2D eigenvalue weighted by Gasteiger charge is 2.22. The van der Waals surface area contributed by atoms with Crippen molar-refractivity contribution < 1.29 is 37.7 Å². The maximum atomic E-state index is 14.0. The highest BCUT2D eigenvalue weighted by molar-refractivity contribution is 5.72. The summed E-state index contributed by atoms with van der Waals surface area (Å²) in [6.45, 7) is 2.91. The second kappa shape index (κ2) is 13.8. The summed E-state index contributed by atoms with van der Waals surface area (Å²) < 4.78 is 43.4. The predicted octanol–water partition coefficient (Wildman–Crippen LogP) is 5.46. The smallest absolute Gasteiger partial charge is 0.415 e. The van der Waals surface area contributed by atoms with Crippen molar-refractivity contribution in [1.82, 2.24) is 4.90 Å². The number of hydrogen-bond acceptors (Lipinski definition) is 5. The van der Waals surface area contributed by atoms with Crippen LogP contribution in [0.5, 0.6) is 11.5 Å². The number of carboxylic acid groups (broad SMARTS) is 1. The maximum absolute atomic E-state index is 14.0. The Morgan fingerprint density at radius 2 is 1.81 bits per heavy atom. The minimum Gasteiger partial charge on any atom is -0.492 e. The van der Waals surface area contributed by atoms with E-state index in [1.54, 1.807) is 31.2 Å². The van der Waals surface area contributed by atoms with E-state index >= 15 is 0 Å². The van der Waals surface area contributed by atoms with Gasteiger partial charge in [-0.15, -0.1) is 0 Å². The number of amides is 1. The Bertz CT molecular complexity index is 994. The molecule has 2 aromatic rings. The van der Waals surface area contributed by atoms with Crippen LogP contribution in [0.1, 0.15) is 44.6 Å². The number of ether oxygens (including phenoxy) is 3. The van der Waals surface area contributed by atoms with Gasteiger partial charge < -0.3 is 24.2 Å². The molecule has 1 fully saturated rings. The number of nitrogens with zero attached hydrogens (tertiary/aromatic N) is 1. The Hall–Kier alpha value is -3.20. The second-order valence-corrected chi connectivity index (χ2v) is 8.85. The van der Waals surface area contributed by atoms with Gasteiger partial charge in [-0.3, -0.25) is 0 Å². The zero-order valence-electron chi connectivity index (χ0n) is 20.5. The molecule has 1 N–H and O–H groups in total. The Labute approximate surface area is 210 Å². The lowest BCUT2D eigenvalue weighted by molar-refractivity contribution is -0.149. The molecule has 3 rings (SSSR count). The normalized spacial score (nSPS) is 14.4. The number of aliphatic carboxylic acids is 1. The molecule has 1 unspecified atom stereocenters. The SMILES string of the molecule is CCOC(Cc1ccc(OCCN(CCC2CCCC2)C(=O)Oc2ccc(F)cc2F)cc1)C(=O)O. The third-order valence-corrected chi connectivity index (χ3v) is 6.25. The Morgan fingerprint density at radius 1 is 1.08 bits per heavy atom. The van der Waals surface area contributed by atoms with Gasteiger partial charge in [0.15, 0.2) is 17.7 Å². The molecule has 0 spiro atoms. The number of hydrogen-bond donors (Lipinski definition) is 1. The van der Waals surface area contributed by atoms with Crippen molar-refractivity contribution in [3.63, 3.8) is 0 Å². The Kier molecular flexibility index (Phi) is 10.5. The van der Waals surface area contributed by atoms with Crippen LogP contribution in [0.4, 0.5) is 13.6 Å². The first-order chi connectivity index (χ1) is 17.4. The van der Waals surface area contributed by atoms with Gasteiger partial charge in [0, 0.05) is 25.6 Å². The molecule has 2 aromatic carbocycles. The van der Waals surface area contributed by atoms with E-state index in [0.717, 1.165) is 37.0 Å². The summed E-state index contributed by atoms with van der Waals surface area (Å²) in [7, 11) is 0. The summed E-state index contributed by atoms with van der Waals surface area (Å²) >= 11 is 0. The molecular weight excluding hydrogens is 472 g/mol. The van der Waals surface area contributed by atoms with E-state index in [9.17, 15) is 23.5 Å². The topological polar surface area (TPSA) is 85.3 Å². The largest absolute Gasteiger partial charge is 0.492 e. The van der Waals surface area contributed by atoms with E-state index in [0.29, 0.717) is 30.9 Å². The standard InChI is InChI=1S/C27H33F2NO6/c1-2-34-25(26(31)32)17-20-7-10-22(11-8-20)35-16-15-30(14-13-19-5-3-4-6-19)27(33)36-24-12-9-21(28)18-23(24)29/h7-12,18-19,25H,2-6,13-17H2,1H3,(H,31,32). The molecule has 0 aromatic heterocycles. The van der Waals surface area contributed by atoms with Crippen molar-refractivity contribution >= 4 is 12.1 Å². The molecule has 1 aliphatic carbocycles. The first kappa shape index (κ1) is 27.4. The van der Waals surface area contributed by atoms with Gasteiger partial charge in [-0.2, -0.15) is 0 Å². The predicted molar refractivity (Wildman–Crippen MR) is 129 cm³/mol. The van der Waals surface area contributed by atoms with Gasteiger partial charge in [0.05, 0.1) is 6.54 Å². The van der Waals surface area contributed by atoms with Crippen LogP contribution in [0, 0.1) is 17.6 Å². The molecule has 1 saturated carbocycles. The van der Waals surface area contributed by atoms with Gasteiger partial charge in [-0.25, -0.2) is 18.4 Å². The zero-order chi connectivity index (χ0) is 25.9. The van der Waals surface area contributed by atoms with Crippen molar-refractivity contribution in [3.05, 3.63) is 59.7 Å². The van der Waals surface area contributed by atoms with Crippen LogP contribution in [-0.4, -0.2) is 54.5 Å². The number of carbonyl (C=O) groups excluding carboxylic acids is 1. The van der Waals surface area contributed by atoms with Gasteiger partial charge in [-0.1, -0.05) is 37.8 Å². The number of rotatable bonds is 13. The summed E-state index contributed by atoms with van der Waals surface area (Å²) in [5.74, 6) is -1.91. The van der Waals surface area contributed by atoms with Crippen LogP contribution in [0.15, 0.2) is 42.5 Å². The lowest BCUT2D eigenvalue weighted by atomic mass is 10.0. The lowest BCUT2D eigenvalue weighted by Gasteiger charge is -2.23. The van der Waals surface area contributed by atoms with E-state index in [1.807, 2.05) is 0 Å². The molecule has 0 radical (unpaired) electrons. The summed E-state index contributed by atoms with van der Waals surface area (Å²) in [6, 6.07) is 9.81. The van der Waals surface area contributed by atoms with E-state index in [4.69, 9.17) is 14.2 Å². The molecule has 0 saturated heterocycles. The van der Waals surface area contributed by atoms with Gasteiger partial charge in [0.1, 0.15) is 18.2 Å². The average molecular weight is 506 g/mol. The second-order valence-electron chi connectivity index (χ2n) is 8.85. The fraction of sp³-hybridized carbons (Fsp3) is 0.481. The summed E-state index contributed by atoms with van der Waals surface area (Å²) in [6.07, 6.45) is 4.07. The van der Waals surface area contributed by atoms with Crippen LogP contribution < -0.4 is 9.47 Å². The number of benzene rings is 2. The third kappa shape index (κ3) is 8.48. The highest BCUT2D eigenvalue weighted by Crippen LogP contribution is 2.28. The zero-order valence-corrected chi connectivity index (χ0v) is 20.5. The van der Waals surface area contributed by atoms with Crippen LogP contribution >= 0.6 is 0 Å². The summed E-state index contributed by atoms with van der Waals surface area (Å²) in [5, 5.41) is 9.24. The Morgan fingerprint density at radius 3 is 2.44 bits per heavy atom. The molecule has 1 aliphatic rings. The van der Waals surface area contributed by atoms with E-state index < -0.39 is 29.8 Å². The van der Waals surface area contributed by atoms with Gasteiger partial charge in [-0.05, 0) is 49.1 Å². The minimum atomic E-state index is -1.01. The molecule has 0 heterocycles. The fourth-order valence-electron chi connectivity index (χ4n) is 4.28. The lowest BCUT2D eigenvalue weighted by Crippen LogP contribution is -2.38. The van der Waals surface area contributed by atoms with Gasteiger partial charge in [0.25, 0.3) is 0 Å². The molecule has 36 heavy (non-hydrogen) atoms. The molecule has 9 heteroatoms. The van der Waals surface area contributed by atoms with E-state index in [-0.39, 0.29) is 25.3 Å². The van der Waals surface area contributed by atoms with Crippen LogP contribution in [0.25, 0.3) is 0 Å². The number of carboxylic acids is 1. The highest BCUT2D eigenvalue weighted by atomic mass is 19.1. The molecule has 0 aliphatic heterocycles. The average Bonchev–Trinajstić information content (AvgIpc) is 3.37. The van der Waals surface area contributed by atoms with Gasteiger partial charge in [0.2, 0.25) is 0 Å². The van der Waals surface area contributed by atoms with Crippen molar-refractivity contribution in [1.29, 1.82) is 0 Å². The fourth-order valence-corrected chi connectivity index (χ4v) is 4.28. The van der Waals surface area contributed by atoms with Crippen LogP contribution in [-0.2, 0) is 16.0 Å². The molecule has 1 atom stereocenters.